The van der Waals surface area contributed by atoms with Gasteiger partial charge in [-0.3, -0.25) is 4.90 Å². The van der Waals surface area contributed by atoms with Crippen molar-refractivity contribution in [3.63, 3.8) is 0 Å². The quantitative estimate of drug-likeness (QED) is 0.766. The molecule has 20 heavy (non-hydrogen) atoms. The number of unbranched alkanes of at least 4 members (excludes halogenated alkanes) is 1. The van der Waals surface area contributed by atoms with E-state index in [9.17, 15) is 0 Å². The minimum Gasteiger partial charge on any atom is -0.301 e. The van der Waals surface area contributed by atoms with Crippen LogP contribution in [0.5, 0.6) is 0 Å². The summed E-state index contributed by atoms with van der Waals surface area (Å²) in [5.41, 5.74) is 1.98. The summed E-state index contributed by atoms with van der Waals surface area (Å²) in [7, 11) is 0. The van der Waals surface area contributed by atoms with Gasteiger partial charge in [0.1, 0.15) is 0 Å². The van der Waals surface area contributed by atoms with E-state index in [1.807, 2.05) is 24.3 Å². The van der Waals surface area contributed by atoms with Crippen LogP contribution in [0.2, 0.25) is 0 Å². The first kappa shape index (κ1) is 14.5. The highest BCUT2D eigenvalue weighted by Crippen LogP contribution is 2.10. The molecule has 0 unspecified atom stereocenters. The van der Waals surface area contributed by atoms with E-state index in [-0.39, 0.29) is 0 Å². The number of hydrogen-bond donors (Lipinski definition) is 0. The summed E-state index contributed by atoms with van der Waals surface area (Å²) >= 11 is 0. The van der Waals surface area contributed by atoms with E-state index in [4.69, 9.17) is 10.5 Å². The van der Waals surface area contributed by atoms with Crippen molar-refractivity contribution in [3.05, 3.63) is 35.4 Å². The van der Waals surface area contributed by atoms with Gasteiger partial charge in [-0.15, -0.1) is 0 Å². The average molecular weight is 268 g/mol. The van der Waals surface area contributed by atoms with Crippen LogP contribution >= 0.6 is 0 Å². The van der Waals surface area contributed by atoms with Crippen LogP contribution in [0.3, 0.4) is 0 Å². The van der Waals surface area contributed by atoms with Crippen LogP contribution in [0.25, 0.3) is 0 Å². The van der Waals surface area contributed by atoms with E-state index in [0.29, 0.717) is 6.42 Å². The molecule has 0 bridgehead atoms. The SMILES string of the molecule is N#CCCCN1CCN(Cc2ccc(C#N)cc2)CC1. The van der Waals surface area contributed by atoms with Crippen LogP contribution in [0.4, 0.5) is 0 Å². The van der Waals surface area contributed by atoms with Gasteiger partial charge in [0.05, 0.1) is 17.7 Å². The molecule has 0 saturated carbocycles. The second-order valence-corrected chi connectivity index (χ2v) is 5.19. The van der Waals surface area contributed by atoms with Gasteiger partial charge < -0.3 is 4.90 Å². The molecule has 1 aliphatic heterocycles. The summed E-state index contributed by atoms with van der Waals surface area (Å²) in [4.78, 5) is 4.88. The molecule has 0 aliphatic carbocycles. The Morgan fingerprint density at radius 1 is 0.950 bits per heavy atom. The highest BCUT2D eigenvalue weighted by Gasteiger charge is 2.16. The van der Waals surface area contributed by atoms with Gasteiger partial charge in [-0.25, -0.2) is 0 Å². The third kappa shape index (κ3) is 4.35. The van der Waals surface area contributed by atoms with Crippen molar-refractivity contribution in [2.24, 2.45) is 0 Å². The van der Waals surface area contributed by atoms with Crippen molar-refractivity contribution < 1.29 is 0 Å². The van der Waals surface area contributed by atoms with E-state index in [1.54, 1.807) is 0 Å². The van der Waals surface area contributed by atoms with Gasteiger partial charge in [0.15, 0.2) is 0 Å². The molecule has 1 aromatic carbocycles. The predicted molar refractivity (Wildman–Crippen MR) is 77.7 cm³/mol. The largest absolute Gasteiger partial charge is 0.301 e. The summed E-state index contributed by atoms with van der Waals surface area (Å²) in [6.45, 7) is 6.32. The molecular formula is C16H20N4. The van der Waals surface area contributed by atoms with E-state index < -0.39 is 0 Å². The molecule has 4 nitrogen and oxygen atoms in total. The lowest BCUT2D eigenvalue weighted by Crippen LogP contribution is -2.46. The van der Waals surface area contributed by atoms with Gasteiger partial charge in [-0.05, 0) is 30.7 Å². The first-order valence-electron chi connectivity index (χ1n) is 7.12. The van der Waals surface area contributed by atoms with Gasteiger partial charge in [-0.2, -0.15) is 10.5 Å². The summed E-state index contributed by atoms with van der Waals surface area (Å²) in [6, 6.07) is 12.2. The Morgan fingerprint density at radius 3 is 2.20 bits per heavy atom. The lowest BCUT2D eigenvalue weighted by atomic mass is 10.1. The molecule has 0 atom stereocenters. The number of nitriles is 2. The van der Waals surface area contributed by atoms with E-state index in [1.165, 1.54) is 5.56 Å². The van der Waals surface area contributed by atoms with Crippen LogP contribution < -0.4 is 0 Å². The van der Waals surface area contributed by atoms with Gasteiger partial charge in [-0.1, -0.05) is 12.1 Å². The minimum absolute atomic E-state index is 0.658. The Hall–Kier alpha value is -1.88. The zero-order valence-corrected chi connectivity index (χ0v) is 11.8. The zero-order valence-electron chi connectivity index (χ0n) is 11.8. The van der Waals surface area contributed by atoms with Crippen LogP contribution in [0, 0.1) is 22.7 Å². The van der Waals surface area contributed by atoms with Crippen LogP contribution in [-0.4, -0.2) is 42.5 Å². The molecule has 1 heterocycles. The van der Waals surface area contributed by atoms with Crippen molar-refractivity contribution in [1.29, 1.82) is 10.5 Å². The fourth-order valence-electron chi connectivity index (χ4n) is 2.50. The first-order valence-corrected chi connectivity index (χ1v) is 7.12. The molecule has 104 valence electrons. The third-order valence-electron chi connectivity index (χ3n) is 3.72. The molecule has 2 rings (SSSR count). The maximum Gasteiger partial charge on any atom is 0.0991 e. The van der Waals surface area contributed by atoms with Gasteiger partial charge >= 0.3 is 0 Å². The van der Waals surface area contributed by atoms with E-state index >= 15 is 0 Å². The highest BCUT2D eigenvalue weighted by molar-refractivity contribution is 5.31. The van der Waals surface area contributed by atoms with Crippen molar-refractivity contribution in [3.8, 4) is 12.1 Å². The lowest BCUT2D eigenvalue weighted by molar-refractivity contribution is 0.126. The fraction of sp³-hybridized carbons (Fsp3) is 0.500. The Bertz CT molecular complexity index is 487. The minimum atomic E-state index is 0.658. The molecule has 1 aliphatic rings. The molecule has 0 spiro atoms. The van der Waals surface area contributed by atoms with Crippen molar-refractivity contribution in [2.45, 2.75) is 19.4 Å². The number of hydrogen-bond acceptors (Lipinski definition) is 4. The molecular weight excluding hydrogens is 248 g/mol. The van der Waals surface area contributed by atoms with Crippen molar-refractivity contribution >= 4 is 0 Å². The van der Waals surface area contributed by atoms with Crippen molar-refractivity contribution in [1.82, 2.24) is 9.80 Å². The Balaban J connectivity index is 1.74. The molecule has 1 aromatic rings. The molecule has 1 fully saturated rings. The second-order valence-electron chi connectivity index (χ2n) is 5.19. The monoisotopic (exact) mass is 268 g/mol. The number of rotatable bonds is 5. The number of benzene rings is 1. The first-order chi connectivity index (χ1) is 9.81. The Kier molecular flexibility index (Phi) is 5.55. The molecule has 0 N–H and O–H groups in total. The van der Waals surface area contributed by atoms with Crippen LogP contribution in [0.15, 0.2) is 24.3 Å². The van der Waals surface area contributed by atoms with E-state index in [0.717, 1.165) is 51.3 Å². The molecule has 0 aromatic heterocycles. The maximum atomic E-state index is 8.78. The zero-order chi connectivity index (χ0) is 14.2. The summed E-state index contributed by atoms with van der Waals surface area (Å²) < 4.78 is 0. The van der Waals surface area contributed by atoms with Gasteiger partial charge in [0.25, 0.3) is 0 Å². The second kappa shape index (κ2) is 7.65. The highest BCUT2D eigenvalue weighted by atomic mass is 15.3. The van der Waals surface area contributed by atoms with E-state index in [2.05, 4.69) is 21.9 Å². The summed E-state index contributed by atoms with van der Waals surface area (Å²) in [6.07, 6.45) is 1.64. The lowest BCUT2D eigenvalue weighted by Gasteiger charge is -2.34. The smallest absolute Gasteiger partial charge is 0.0991 e. The Morgan fingerprint density at radius 2 is 1.60 bits per heavy atom. The maximum absolute atomic E-state index is 8.78. The standard InChI is InChI=1S/C16H20N4/c17-7-1-2-8-19-9-11-20(12-10-19)14-16-5-3-15(13-18)4-6-16/h3-6H,1-2,8-12,14H2. The molecule has 1 saturated heterocycles. The van der Waals surface area contributed by atoms with Crippen LogP contribution in [0.1, 0.15) is 24.0 Å². The molecule has 4 heteroatoms. The van der Waals surface area contributed by atoms with Crippen LogP contribution in [-0.2, 0) is 6.54 Å². The summed E-state index contributed by atoms with van der Waals surface area (Å²) in [5.74, 6) is 0. The average Bonchev–Trinajstić information content (AvgIpc) is 2.50. The molecule has 0 amide bonds. The topological polar surface area (TPSA) is 54.1 Å². The van der Waals surface area contributed by atoms with Gasteiger partial charge in [0.2, 0.25) is 0 Å². The predicted octanol–water partition coefficient (Wildman–Crippen LogP) is 1.98. The number of piperazine rings is 1. The number of nitrogens with zero attached hydrogens (tertiary/aromatic N) is 4. The molecule has 0 radical (unpaired) electrons. The normalized spacial score (nSPS) is 16.5. The summed E-state index contributed by atoms with van der Waals surface area (Å²) in [5, 5.41) is 17.3. The third-order valence-corrected chi connectivity index (χ3v) is 3.72. The Labute approximate surface area is 120 Å². The van der Waals surface area contributed by atoms with Gasteiger partial charge in [0, 0.05) is 39.1 Å². The van der Waals surface area contributed by atoms with Crippen molar-refractivity contribution in [2.75, 3.05) is 32.7 Å². The fourth-order valence-corrected chi connectivity index (χ4v) is 2.50.